The van der Waals surface area contributed by atoms with Crippen LogP contribution in [0.25, 0.3) is 0 Å². The van der Waals surface area contributed by atoms with Gasteiger partial charge in [-0.2, -0.15) is 0 Å². The van der Waals surface area contributed by atoms with Crippen LogP contribution in [0.2, 0.25) is 10.3 Å². The first-order chi connectivity index (χ1) is 21.0. The monoisotopic (exact) mass is 675 g/mol. The van der Waals surface area contributed by atoms with Gasteiger partial charge in [-0.15, -0.1) is 0 Å². The van der Waals surface area contributed by atoms with Gasteiger partial charge >= 0.3 is 17.3 Å². The first-order valence-corrected chi connectivity index (χ1v) is 14.5. The molecule has 2 unspecified atom stereocenters. The van der Waals surface area contributed by atoms with E-state index in [0.29, 0.717) is 63.5 Å². The van der Waals surface area contributed by atoms with Crippen molar-refractivity contribution in [2.45, 2.75) is 32.5 Å². The second-order valence-electron chi connectivity index (χ2n) is 9.00. The first kappa shape index (κ1) is 34.9. The number of aromatic nitrogens is 4. The Hall–Kier alpha value is -3.57. The van der Waals surface area contributed by atoms with Crippen LogP contribution in [0.3, 0.4) is 0 Å². The van der Waals surface area contributed by atoms with Crippen molar-refractivity contribution < 1.29 is 33.3 Å². The lowest BCUT2D eigenvalue weighted by atomic mass is 10.2. The number of morpholine rings is 2. The van der Waals surface area contributed by atoms with Crippen LogP contribution in [-0.2, 0) is 35.0 Å². The number of hydrogen-bond donors (Lipinski definition) is 2. The molecule has 2 aromatic heterocycles. The van der Waals surface area contributed by atoms with E-state index in [1.165, 1.54) is 17.6 Å². The Morgan fingerprint density at radius 2 is 1.50 bits per heavy atom. The Bertz CT molecular complexity index is 1330. The van der Waals surface area contributed by atoms with E-state index in [-0.39, 0.29) is 29.2 Å². The summed E-state index contributed by atoms with van der Waals surface area (Å²) in [5.41, 5.74) is 11.6. The number of aliphatic imine (C=N–C) groups is 1. The van der Waals surface area contributed by atoms with Gasteiger partial charge in [0.2, 0.25) is 0 Å². The fraction of sp³-hybridized carbons (Fsp3) is 0.520. The van der Waals surface area contributed by atoms with Crippen LogP contribution in [-0.4, -0.2) is 118 Å². The van der Waals surface area contributed by atoms with Gasteiger partial charge in [0.15, 0.2) is 29.0 Å². The van der Waals surface area contributed by atoms with Crippen LogP contribution in [0.15, 0.2) is 17.6 Å². The second-order valence-corrected chi connectivity index (χ2v) is 10.0. The summed E-state index contributed by atoms with van der Waals surface area (Å²) in [6, 6.07) is 0. The van der Waals surface area contributed by atoms with E-state index in [2.05, 4.69) is 24.9 Å². The fourth-order valence-corrected chi connectivity index (χ4v) is 4.46. The molecule has 0 bridgehead atoms. The molecule has 4 N–H and O–H groups in total. The predicted octanol–water partition coefficient (Wildman–Crippen LogP) is 1.88. The smallest absolute Gasteiger partial charge is 0.337 e. The number of fused-ring (bicyclic) bond motifs is 1. The Balaban J connectivity index is 0.000000198. The number of hydrogen-bond acceptors (Lipinski definition) is 15. The predicted molar refractivity (Wildman–Crippen MR) is 161 cm³/mol. The maximum Gasteiger partial charge on any atom is 0.337 e. The number of anilines is 2. The molecular formula is C25H32Cl3N9O7. The molecule has 16 nitrogen and oxygen atoms in total. The van der Waals surface area contributed by atoms with Gasteiger partial charge < -0.3 is 40.2 Å². The number of ether oxygens (including phenoxy) is 4. The Morgan fingerprint density at radius 1 is 0.909 bits per heavy atom. The van der Waals surface area contributed by atoms with Gasteiger partial charge in [-0.3, -0.25) is 4.79 Å². The second kappa shape index (κ2) is 17.1. The van der Waals surface area contributed by atoms with Gasteiger partial charge in [0.1, 0.15) is 29.3 Å². The maximum absolute atomic E-state index is 11.8. The molecule has 0 spiro atoms. The summed E-state index contributed by atoms with van der Waals surface area (Å²) in [6.45, 7) is 6.58. The van der Waals surface area contributed by atoms with Crippen molar-refractivity contribution in [2.75, 3.05) is 64.1 Å². The summed E-state index contributed by atoms with van der Waals surface area (Å²) in [4.78, 5) is 56.9. The average Bonchev–Trinajstić information content (AvgIpc) is 3.47. The summed E-state index contributed by atoms with van der Waals surface area (Å²) in [5, 5.41) is 0.0547. The van der Waals surface area contributed by atoms with E-state index < -0.39 is 23.5 Å². The highest BCUT2D eigenvalue weighted by Gasteiger charge is 2.32. The molecule has 19 heteroatoms. The molecule has 5 heterocycles. The highest BCUT2D eigenvalue weighted by Crippen LogP contribution is 2.30. The van der Waals surface area contributed by atoms with Crippen LogP contribution in [0.1, 0.15) is 19.4 Å². The normalized spacial score (nSPS) is 18.9. The van der Waals surface area contributed by atoms with Crippen molar-refractivity contribution in [1.29, 1.82) is 0 Å². The van der Waals surface area contributed by atoms with Crippen LogP contribution in [0, 0.1) is 0 Å². The summed E-state index contributed by atoms with van der Waals surface area (Å²) < 4.78 is 20.4. The molecule has 44 heavy (non-hydrogen) atoms. The number of amidine groups is 1. The molecule has 2 aromatic rings. The van der Waals surface area contributed by atoms with E-state index in [0.717, 1.165) is 11.4 Å². The largest absolute Gasteiger partial charge is 0.464 e. The molecular weight excluding hydrogens is 645 g/mol. The van der Waals surface area contributed by atoms with Crippen molar-refractivity contribution in [2.24, 2.45) is 4.99 Å². The number of carbonyl (C=O) groups is 3. The lowest BCUT2D eigenvalue weighted by Crippen LogP contribution is -2.49. The minimum absolute atomic E-state index is 0.168. The Labute approximate surface area is 268 Å². The minimum Gasteiger partial charge on any atom is -0.464 e. The first-order valence-electron chi connectivity index (χ1n) is 13.4. The van der Waals surface area contributed by atoms with E-state index in [9.17, 15) is 14.4 Å². The maximum atomic E-state index is 11.8. The van der Waals surface area contributed by atoms with E-state index in [1.54, 1.807) is 13.8 Å². The van der Waals surface area contributed by atoms with Crippen LogP contribution >= 0.6 is 34.8 Å². The van der Waals surface area contributed by atoms with Crippen molar-refractivity contribution >= 4 is 75.3 Å². The molecule has 2 saturated heterocycles. The fourth-order valence-electron chi connectivity index (χ4n) is 3.97. The average molecular weight is 677 g/mol. The number of nitrogen functional groups attached to an aromatic ring is 2. The van der Waals surface area contributed by atoms with Gasteiger partial charge in [-0.05, 0) is 25.4 Å². The topological polar surface area (TPSA) is 211 Å². The highest BCUT2D eigenvalue weighted by atomic mass is 35.5. The van der Waals surface area contributed by atoms with Gasteiger partial charge in [-0.25, -0.2) is 34.5 Å². The van der Waals surface area contributed by atoms with Crippen LogP contribution in [0.4, 0.5) is 22.1 Å². The number of amides is 1. The quantitative estimate of drug-likeness (QED) is 0.205. The molecule has 240 valence electrons. The molecule has 5 rings (SSSR count). The summed E-state index contributed by atoms with van der Waals surface area (Å²) >= 11 is 16.8. The van der Waals surface area contributed by atoms with Crippen LogP contribution in [0.5, 0.6) is 0 Å². The van der Waals surface area contributed by atoms with E-state index >= 15 is 0 Å². The lowest BCUT2D eigenvalue weighted by Gasteiger charge is -2.32. The molecule has 0 radical (unpaired) electrons. The summed E-state index contributed by atoms with van der Waals surface area (Å²) in [7, 11) is 0. The molecule has 0 saturated carbocycles. The number of esters is 2. The van der Waals surface area contributed by atoms with Gasteiger partial charge in [0, 0.05) is 25.1 Å². The third-order valence-corrected chi connectivity index (χ3v) is 7.02. The van der Waals surface area contributed by atoms with Crippen molar-refractivity contribution in [1.82, 2.24) is 29.7 Å². The van der Waals surface area contributed by atoms with Gasteiger partial charge in [-0.1, -0.05) is 23.2 Å². The van der Waals surface area contributed by atoms with E-state index in [4.69, 9.17) is 65.2 Å². The third kappa shape index (κ3) is 9.72. The zero-order valence-electron chi connectivity index (χ0n) is 24.0. The summed E-state index contributed by atoms with van der Waals surface area (Å²) in [6.07, 6.45) is 1.95. The number of halogens is 3. The van der Waals surface area contributed by atoms with Crippen molar-refractivity contribution in [3.63, 3.8) is 0 Å². The number of rotatable bonds is 4. The Kier molecular flexibility index (Phi) is 13.5. The van der Waals surface area contributed by atoms with Gasteiger partial charge in [0.25, 0.3) is 0 Å². The van der Waals surface area contributed by atoms with Crippen molar-refractivity contribution in [3.8, 4) is 0 Å². The standard InChI is InChI=1S/C13H15ClN4O3.C8H12ClNO4.C4H5ClN4/c1-2-20-13(19)9-6-18(3-4-21-9)10-5-8-11(14)15-7-16-12(8)17-10;1-2-13-7(11)6-5-10(8(9)12)3-4-14-6;5-3-2(6)4(7)9-1-8-3/h7,9H,2-6H2,1H3;6H,2-5H2,1H3;1H,6H2,(H2,7,8,9). The zero-order valence-corrected chi connectivity index (χ0v) is 26.2. The minimum atomic E-state index is -0.702. The molecule has 0 aliphatic carbocycles. The third-order valence-electron chi connectivity index (χ3n) is 6.15. The molecule has 2 fully saturated rings. The van der Waals surface area contributed by atoms with E-state index in [1.807, 2.05) is 4.90 Å². The zero-order chi connectivity index (χ0) is 32.2. The number of carbonyl (C=O) groups excluding carboxylic acids is 3. The molecule has 3 aliphatic heterocycles. The summed E-state index contributed by atoms with van der Waals surface area (Å²) in [5.74, 6) is 0.871. The van der Waals surface area contributed by atoms with Crippen LogP contribution < -0.4 is 11.5 Å². The molecule has 0 aromatic carbocycles. The molecule has 3 aliphatic rings. The highest BCUT2D eigenvalue weighted by molar-refractivity contribution is 6.62. The van der Waals surface area contributed by atoms with Crippen molar-refractivity contribution in [3.05, 3.63) is 28.5 Å². The molecule has 1 amide bonds. The lowest BCUT2D eigenvalue weighted by molar-refractivity contribution is -0.161. The molecule has 2 atom stereocenters. The number of nitrogens with two attached hydrogens (primary N) is 2. The SMILES string of the molecule is CCOC(=O)C1CN(C(=O)Cl)CCO1.CCOC(=O)C1CN(C2=Nc3ncnc(Cl)c3C2)CCO1.Nc1ncnc(Cl)c1N. The van der Waals surface area contributed by atoms with Gasteiger partial charge in [0.05, 0.1) is 39.5 Å². The number of nitrogens with zero attached hydrogens (tertiary/aromatic N) is 7. The Morgan fingerprint density at radius 3 is 2.07 bits per heavy atom.